The summed E-state index contributed by atoms with van der Waals surface area (Å²) in [7, 11) is 0. The van der Waals surface area contributed by atoms with Crippen LogP contribution in [0.25, 0.3) is 0 Å². The fraction of sp³-hybridized carbons (Fsp3) is 0.357. The van der Waals surface area contributed by atoms with Crippen molar-refractivity contribution in [2.24, 2.45) is 0 Å². The highest BCUT2D eigenvalue weighted by atomic mass is 19.3. The predicted molar refractivity (Wildman–Crippen MR) is 121 cm³/mol. The number of hydrogen-bond donors (Lipinski definition) is 0. The Labute approximate surface area is 213 Å². The van der Waals surface area contributed by atoms with Gasteiger partial charge < -0.3 is 4.74 Å². The van der Waals surface area contributed by atoms with Crippen LogP contribution in [0.3, 0.4) is 0 Å². The Hall–Kier alpha value is -3.17. The lowest BCUT2D eigenvalue weighted by Crippen LogP contribution is -2.24. The summed E-state index contributed by atoms with van der Waals surface area (Å²) < 4.78 is 131. The Balaban J connectivity index is 1.49. The molecular formula is C28H23F9O. The Morgan fingerprint density at radius 2 is 1.26 bits per heavy atom. The summed E-state index contributed by atoms with van der Waals surface area (Å²) in [4.78, 5) is 0. The van der Waals surface area contributed by atoms with E-state index >= 15 is 0 Å². The molecule has 1 aliphatic rings. The number of halogens is 9. The minimum atomic E-state index is -4.58. The fourth-order valence-corrected chi connectivity index (χ4v) is 4.94. The van der Waals surface area contributed by atoms with E-state index in [1.54, 1.807) is 12.1 Å². The van der Waals surface area contributed by atoms with Gasteiger partial charge in [-0.3, -0.25) is 0 Å². The van der Waals surface area contributed by atoms with E-state index in [9.17, 15) is 39.5 Å². The molecule has 1 saturated carbocycles. The van der Waals surface area contributed by atoms with Crippen LogP contribution in [0.2, 0.25) is 0 Å². The van der Waals surface area contributed by atoms with Crippen molar-refractivity contribution in [3.8, 4) is 5.75 Å². The molecule has 0 bridgehead atoms. The van der Waals surface area contributed by atoms with E-state index in [1.165, 1.54) is 0 Å². The molecule has 0 spiro atoms. The Bertz CT molecular complexity index is 1280. The summed E-state index contributed by atoms with van der Waals surface area (Å²) in [6.45, 7) is 1.86. The average molecular weight is 546 g/mol. The zero-order valence-corrected chi connectivity index (χ0v) is 20.2. The van der Waals surface area contributed by atoms with E-state index in [1.807, 2.05) is 6.92 Å². The largest absolute Gasteiger partial charge is 0.427 e. The van der Waals surface area contributed by atoms with Crippen LogP contribution >= 0.6 is 0 Å². The third kappa shape index (κ3) is 5.49. The monoisotopic (exact) mass is 546 g/mol. The van der Waals surface area contributed by atoms with Crippen LogP contribution in [0, 0.1) is 40.7 Å². The topological polar surface area (TPSA) is 9.23 Å². The molecule has 10 heteroatoms. The van der Waals surface area contributed by atoms with E-state index in [4.69, 9.17) is 0 Å². The maximum atomic E-state index is 14.7. The van der Waals surface area contributed by atoms with Gasteiger partial charge in [-0.25, -0.2) is 30.7 Å². The summed E-state index contributed by atoms with van der Waals surface area (Å²) in [5, 5.41) is 0. The quantitative estimate of drug-likeness (QED) is 0.212. The molecule has 0 aromatic heterocycles. The molecule has 3 aromatic carbocycles. The molecule has 38 heavy (non-hydrogen) atoms. The molecule has 0 saturated heterocycles. The van der Waals surface area contributed by atoms with Crippen LogP contribution in [0.15, 0.2) is 36.4 Å². The van der Waals surface area contributed by atoms with Gasteiger partial charge in [-0.2, -0.15) is 8.78 Å². The zero-order valence-electron chi connectivity index (χ0n) is 20.2. The van der Waals surface area contributed by atoms with E-state index in [0.717, 1.165) is 12.1 Å². The Kier molecular flexibility index (Phi) is 7.99. The first-order chi connectivity index (χ1) is 17.9. The highest BCUT2D eigenvalue weighted by molar-refractivity contribution is 5.35. The van der Waals surface area contributed by atoms with Crippen LogP contribution in [0.1, 0.15) is 73.1 Å². The maximum absolute atomic E-state index is 14.7. The van der Waals surface area contributed by atoms with Gasteiger partial charge in [-0.1, -0.05) is 25.5 Å². The lowest BCUT2D eigenvalue weighted by Gasteiger charge is -2.30. The summed E-state index contributed by atoms with van der Waals surface area (Å²) in [6, 6.07) is 4.71. The lowest BCUT2D eigenvalue weighted by atomic mass is 9.76. The first-order valence-corrected chi connectivity index (χ1v) is 12.1. The van der Waals surface area contributed by atoms with E-state index in [0.29, 0.717) is 44.1 Å². The van der Waals surface area contributed by atoms with Crippen molar-refractivity contribution in [2.45, 2.75) is 63.4 Å². The summed E-state index contributed by atoms with van der Waals surface area (Å²) in [6.07, 6.45) is -1.92. The second-order valence-electron chi connectivity index (χ2n) is 9.43. The molecule has 4 rings (SSSR count). The van der Waals surface area contributed by atoms with Crippen molar-refractivity contribution in [2.75, 3.05) is 0 Å². The first-order valence-electron chi connectivity index (χ1n) is 12.1. The molecule has 1 fully saturated rings. The molecule has 1 aliphatic carbocycles. The van der Waals surface area contributed by atoms with Crippen LogP contribution in [0.4, 0.5) is 39.5 Å². The SMILES string of the molecule is CCCc1ccc(C2CCC(c3cc(F)c(OC(F)(F)c4cc(F)c(F)c(F)c4)c(F)c3)CC2)c(F)c1F. The highest BCUT2D eigenvalue weighted by Gasteiger charge is 2.39. The van der Waals surface area contributed by atoms with Gasteiger partial charge in [0.2, 0.25) is 0 Å². The summed E-state index contributed by atoms with van der Waals surface area (Å²) in [5.41, 5.74) is -0.756. The summed E-state index contributed by atoms with van der Waals surface area (Å²) in [5.74, 6) is -12.7. The summed E-state index contributed by atoms with van der Waals surface area (Å²) >= 11 is 0. The van der Waals surface area contributed by atoms with Crippen LogP contribution in [-0.4, -0.2) is 0 Å². The van der Waals surface area contributed by atoms with Crippen molar-refractivity contribution in [1.82, 2.24) is 0 Å². The van der Waals surface area contributed by atoms with Gasteiger partial charge in [0, 0.05) is 0 Å². The van der Waals surface area contributed by atoms with Crippen molar-refractivity contribution >= 4 is 0 Å². The number of ether oxygens (including phenoxy) is 1. The van der Waals surface area contributed by atoms with Crippen LogP contribution < -0.4 is 4.74 Å². The van der Waals surface area contributed by atoms with Crippen molar-refractivity contribution in [3.63, 3.8) is 0 Å². The fourth-order valence-electron chi connectivity index (χ4n) is 4.94. The van der Waals surface area contributed by atoms with Crippen molar-refractivity contribution < 1.29 is 44.3 Å². The highest BCUT2D eigenvalue weighted by Crippen LogP contribution is 2.43. The third-order valence-electron chi connectivity index (χ3n) is 6.92. The van der Waals surface area contributed by atoms with Gasteiger partial charge in [-0.05, 0) is 84.9 Å². The molecule has 0 N–H and O–H groups in total. The maximum Gasteiger partial charge on any atom is 0.427 e. The van der Waals surface area contributed by atoms with E-state index < -0.39 is 58.1 Å². The number of rotatable bonds is 7. The standard InChI is InChI=1S/C28H23F9O/c1-2-3-16-8-9-19(25(34)24(16)33)15-6-4-14(5-7-15)17-10-22(31)27(23(32)11-17)38-28(36,37)18-12-20(29)26(35)21(30)13-18/h8-15H,2-7H2,1H3. The van der Waals surface area contributed by atoms with E-state index in [-0.39, 0.29) is 35.1 Å². The second-order valence-corrected chi connectivity index (χ2v) is 9.43. The Morgan fingerprint density at radius 1 is 0.711 bits per heavy atom. The molecule has 204 valence electrons. The predicted octanol–water partition coefficient (Wildman–Crippen LogP) is 9.18. The normalized spacial score (nSPS) is 18.1. The van der Waals surface area contributed by atoms with Crippen LogP contribution in [0.5, 0.6) is 5.75 Å². The van der Waals surface area contributed by atoms with Gasteiger partial charge in [0.25, 0.3) is 0 Å². The van der Waals surface area contributed by atoms with Crippen molar-refractivity contribution in [1.29, 1.82) is 0 Å². The average Bonchev–Trinajstić information content (AvgIpc) is 2.87. The van der Waals surface area contributed by atoms with Gasteiger partial charge >= 0.3 is 6.11 Å². The molecule has 3 aromatic rings. The lowest BCUT2D eigenvalue weighted by molar-refractivity contribution is -0.188. The molecular weight excluding hydrogens is 523 g/mol. The molecule has 0 atom stereocenters. The van der Waals surface area contributed by atoms with Crippen molar-refractivity contribution in [3.05, 3.63) is 99.4 Å². The second kappa shape index (κ2) is 10.9. The minimum Gasteiger partial charge on any atom is -0.423 e. The zero-order chi connectivity index (χ0) is 27.8. The molecule has 1 nitrogen and oxygen atoms in total. The minimum absolute atomic E-state index is 0.0346. The van der Waals surface area contributed by atoms with Gasteiger partial charge in [0.05, 0.1) is 5.56 Å². The van der Waals surface area contributed by atoms with Gasteiger partial charge in [-0.15, -0.1) is 0 Å². The van der Waals surface area contributed by atoms with Gasteiger partial charge in [0.1, 0.15) is 0 Å². The van der Waals surface area contributed by atoms with E-state index in [2.05, 4.69) is 4.74 Å². The molecule has 0 heterocycles. The Morgan fingerprint density at radius 3 is 1.82 bits per heavy atom. The molecule has 0 aliphatic heterocycles. The number of alkyl halides is 2. The third-order valence-corrected chi connectivity index (χ3v) is 6.92. The van der Waals surface area contributed by atoms with Crippen LogP contribution in [-0.2, 0) is 12.5 Å². The van der Waals surface area contributed by atoms with Gasteiger partial charge in [0.15, 0.2) is 46.5 Å². The molecule has 0 unspecified atom stereocenters. The first kappa shape index (κ1) is 27.9. The number of hydrogen-bond acceptors (Lipinski definition) is 1. The smallest absolute Gasteiger partial charge is 0.423 e. The number of aryl methyl sites for hydroxylation is 1. The molecule has 0 radical (unpaired) electrons. The molecule has 0 amide bonds. The number of benzene rings is 3.